The number of nitrogens with two attached hydrogens (primary N) is 1. The van der Waals surface area contributed by atoms with Gasteiger partial charge in [0, 0.05) is 9.89 Å². The fourth-order valence-corrected chi connectivity index (χ4v) is 3.45. The van der Waals surface area contributed by atoms with E-state index in [4.69, 9.17) is 19.9 Å². The van der Waals surface area contributed by atoms with Gasteiger partial charge in [0.15, 0.2) is 11.5 Å². The van der Waals surface area contributed by atoms with Crippen LogP contribution in [0.15, 0.2) is 39.4 Å². The molecule has 128 valence electrons. The van der Waals surface area contributed by atoms with Crippen LogP contribution in [0.2, 0.25) is 0 Å². The number of nitriles is 2. The molecule has 6 nitrogen and oxygen atoms in total. The predicted molar refractivity (Wildman–Crippen MR) is 93.0 cm³/mol. The lowest BCUT2D eigenvalue weighted by molar-refractivity contribution is 0.174. The molecular formula is C18H16BrN3O3. The lowest BCUT2D eigenvalue weighted by Crippen LogP contribution is -2.26. The van der Waals surface area contributed by atoms with Crippen molar-refractivity contribution < 1.29 is 14.2 Å². The van der Waals surface area contributed by atoms with Gasteiger partial charge in [-0.1, -0.05) is 36.7 Å². The number of rotatable bonds is 1. The maximum atomic E-state index is 9.81. The Balaban J connectivity index is 2.27. The van der Waals surface area contributed by atoms with Gasteiger partial charge in [0.25, 0.3) is 0 Å². The van der Waals surface area contributed by atoms with Crippen molar-refractivity contribution in [1.29, 1.82) is 10.5 Å². The molecule has 0 amide bonds. The van der Waals surface area contributed by atoms with Crippen LogP contribution in [-0.4, -0.2) is 6.79 Å². The first-order chi connectivity index (χ1) is 11.8. The Morgan fingerprint density at radius 1 is 1.12 bits per heavy atom. The van der Waals surface area contributed by atoms with Crippen LogP contribution >= 0.6 is 15.9 Å². The maximum absolute atomic E-state index is 9.81. The fourth-order valence-electron chi connectivity index (χ4n) is 2.89. The predicted octanol–water partition coefficient (Wildman–Crippen LogP) is 3.81. The molecule has 0 aliphatic carbocycles. The lowest BCUT2D eigenvalue weighted by atomic mass is 9.79. The van der Waals surface area contributed by atoms with Crippen molar-refractivity contribution in [3.8, 4) is 23.6 Å². The minimum atomic E-state index is -0.637. The monoisotopic (exact) mass is 401 g/mol. The summed E-state index contributed by atoms with van der Waals surface area (Å²) in [5, 5.41) is 19.4. The van der Waals surface area contributed by atoms with Gasteiger partial charge in [0.2, 0.25) is 12.7 Å². The van der Waals surface area contributed by atoms with Gasteiger partial charge in [-0.15, -0.1) is 0 Å². The van der Waals surface area contributed by atoms with E-state index < -0.39 is 11.3 Å². The van der Waals surface area contributed by atoms with Crippen molar-refractivity contribution in [3.63, 3.8) is 0 Å². The van der Waals surface area contributed by atoms with Gasteiger partial charge in [-0.05, 0) is 17.7 Å². The van der Waals surface area contributed by atoms with E-state index in [0.29, 0.717) is 32.9 Å². The molecule has 2 aliphatic heterocycles. The Morgan fingerprint density at radius 2 is 1.72 bits per heavy atom. The molecule has 0 bridgehead atoms. The van der Waals surface area contributed by atoms with Crippen LogP contribution in [0.4, 0.5) is 0 Å². The first-order valence-electron chi connectivity index (χ1n) is 7.59. The van der Waals surface area contributed by atoms with Crippen LogP contribution in [-0.2, 0) is 4.74 Å². The second-order valence-electron chi connectivity index (χ2n) is 6.76. The molecule has 7 heteroatoms. The van der Waals surface area contributed by atoms with Gasteiger partial charge in [0.05, 0.1) is 17.6 Å². The van der Waals surface area contributed by atoms with E-state index in [1.807, 2.05) is 20.8 Å². The van der Waals surface area contributed by atoms with Gasteiger partial charge in [-0.3, -0.25) is 0 Å². The number of halogens is 1. The van der Waals surface area contributed by atoms with E-state index in [-0.39, 0.29) is 18.2 Å². The Bertz CT molecular complexity index is 898. The molecule has 0 saturated heterocycles. The standard InChI is InChI=1S/C18H16BrN3O3/c1-18(2,3)16-10(6-20)15(11(7-21)17(22)25-16)9-4-13-14(5-12(9)19)24-8-23-13/h4-5,15H,8,22H2,1-3H3/t15-/m0/s1. The molecule has 25 heavy (non-hydrogen) atoms. The van der Waals surface area contributed by atoms with E-state index in [1.165, 1.54) is 0 Å². The summed E-state index contributed by atoms with van der Waals surface area (Å²) < 4.78 is 17.2. The number of fused-ring (bicyclic) bond motifs is 1. The third-order valence-corrected chi connectivity index (χ3v) is 4.71. The molecule has 0 aromatic heterocycles. The SMILES string of the molecule is CC(C)(C)C1=C(C#N)[C@H](c2cc3c(cc2Br)OCO3)C(C#N)=C(N)O1. The number of ether oxygens (including phenoxy) is 3. The first kappa shape index (κ1) is 17.2. The number of nitrogens with zero attached hydrogens (tertiary/aromatic N) is 2. The number of allylic oxidation sites excluding steroid dienone is 3. The van der Waals surface area contributed by atoms with Crippen molar-refractivity contribution in [2.45, 2.75) is 26.7 Å². The Morgan fingerprint density at radius 3 is 2.28 bits per heavy atom. The molecule has 3 rings (SSSR count). The Labute approximate surface area is 154 Å². The summed E-state index contributed by atoms with van der Waals surface area (Å²) in [4.78, 5) is 0. The van der Waals surface area contributed by atoms with E-state index in [9.17, 15) is 10.5 Å². The van der Waals surface area contributed by atoms with Crippen molar-refractivity contribution >= 4 is 15.9 Å². The summed E-state index contributed by atoms with van der Waals surface area (Å²) in [6.07, 6.45) is 0. The quantitative estimate of drug-likeness (QED) is 0.767. The first-order valence-corrected chi connectivity index (χ1v) is 8.38. The number of hydrogen-bond acceptors (Lipinski definition) is 6. The van der Waals surface area contributed by atoms with E-state index in [0.717, 1.165) is 0 Å². The third-order valence-electron chi connectivity index (χ3n) is 4.02. The van der Waals surface area contributed by atoms with Crippen LogP contribution in [0.1, 0.15) is 32.3 Å². The third kappa shape index (κ3) is 2.81. The Kier molecular flexibility index (Phi) is 4.14. The summed E-state index contributed by atoms with van der Waals surface area (Å²) in [6, 6.07) is 7.83. The van der Waals surface area contributed by atoms with Crippen LogP contribution in [0.3, 0.4) is 0 Å². The van der Waals surface area contributed by atoms with Crippen molar-refractivity contribution in [2.75, 3.05) is 6.79 Å². The largest absolute Gasteiger partial charge is 0.454 e. The summed E-state index contributed by atoms with van der Waals surface area (Å²) in [6.45, 7) is 5.92. The highest BCUT2D eigenvalue weighted by Crippen LogP contribution is 2.48. The molecule has 2 N–H and O–H groups in total. The van der Waals surface area contributed by atoms with Crippen LogP contribution < -0.4 is 15.2 Å². The summed E-state index contributed by atoms with van der Waals surface area (Å²) in [5.41, 5.74) is 6.81. The molecular weight excluding hydrogens is 386 g/mol. The van der Waals surface area contributed by atoms with Crippen molar-refractivity contribution in [3.05, 3.63) is 45.0 Å². The van der Waals surface area contributed by atoms with E-state index in [2.05, 4.69) is 28.1 Å². The van der Waals surface area contributed by atoms with E-state index in [1.54, 1.807) is 12.1 Å². The van der Waals surface area contributed by atoms with Gasteiger partial charge in [-0.25, -0.2) is 0 Å². The fraction of sp³-hybridized carbons (Fsp3) is 0.333. The zero-order valence-corrected chi connectivity index (χ0v) is 15.6. The molecule has 0 spiro atoms. The molecule has 0 radical (unpaired) electrons. The number of benzene rings is 1. The summed E-state index contributed by atoms with van der Waals surface area (Å²) in [7, 11) is 0. The highest BCUT2D eigenvalue weighted by atomic mass is 79.9. The van der Waals surface area contributed by atoms with Crippen molar-refractivity contribution in [2.24, 2.45) is 11.1 Å². The van der Waals surface area contributed by atoms with E-state index >= 15 is 0 Å². The topological polar surface area (TPSA) is 101 Å². The molecule has 0 unspecified atom stereocenters. The average Bonchev–Trinajstić information content (AvgIpc) is 2.99. The Hall–Kier alpha value is -2.64. The van der Waals surface area contributed by atoms with Gasteiger partial charge in [0.1, 0.15) is 17.4 Å². The lowest BCUT2D eigenvalue weighted by Gasteiger charge is -2.32. The molecule has 2 heterocycles. The van der Waals surface area contributed by atoms with Crippen LogP contribution in [0, 0.1) is 28.1 Å². The van der Waals surface area contributed by atoms with Crippen LogP contribution in [0.5, 0.6) is 11.5 Å². The maximum Gasteiger partial charge on any atom is 0.231 e. The molecule has 0 saturated carbocycles. The summed E-state index contributed by atoms with van der Waals surface area (Å²) in [5.74, 6) is 1.01. The average molecular weight is 402 g/mol. The smallest absolute Gasteiger partial charge is 0.231 e. The van der Waals surface area contributed by atoms with Crippen molar-refractivity contribution in [1.82, 2.24) is 0 Å². The minimum absolute atomic E-state index is 0.0148. The van der Waals surface area contributed by atoms with Gasteiger partial charge in [-0.2, -0.15) is 10.5 Å². The highest BCUT2D eigenvalue weighted by Gasteiger charge is 2.38. The van der Waals surface area contributed by atoms with Gasteiger partial charge < -0.3 is 19.9 Å². The highest BCUT2D eigenvalue weighted by molar-refractivity contribution is 9.10. The second-order valence-corrected chi connectivity index (χ2v) is 7.61. The molecule has 1 aromatic rings. The zero-order valence-electron chi connectivity index (χ0n) is 14.0. The summed E-state index contributed by atoms with van der Waals surface area (Å²) >= 11 is 3.51. The molecule has 1 atom stereocenters. The normalized spacial score (nSPS) is 19.4. The molecule has 0 fully saturated rings. The molecule has 1 aromatic carbocycles. The molecule has 2 aliphatic rings. The number of hydrogen-bond donors (Lipinski definition) is 1. The van der Waals surface area contributed by atoms with Gasteiger partial charge >= 0.3 is 0 Å². The zero-order chi connectivity index (χ0) is 18.4. The van der Waals surface area contributed by atoms with Crippen LogP contribution in [0.25, 0.3) is 0 Å². The second kappa shape index (κ2) is 6.02. The minimum Gasteiger partial charge on any atom is -0.454 e.